The number of nitrogens with zero attached hydrogens (tertiary/aromatic N) is 1. The van der Waals surface area contributed by atoms with E-state index in [2.05, 4.69) is 5.16 Å². The molecule has 7 heteroatoms. The SMILES string of the molecule is C/C(=N\OC(=O)c1ccc(C(F)(F)F)cc1)c1ccc(F)cc1-c1ccccc1. The van der Waals surface area contributed by atoms with E-state index in [1.54, 1.807) is 31.2 Å². The number of hydrogen-bond acceptors (Lipinski definition) is 3. The maximum Gasteiger partial charge on any atom is 0.416 e. The summed E-state index contributed by atoms with van der Waals surface area (Å²) in [6.45, 7) is 1.58. The first-order valence-electron chi connectivity index (χ1n) is 8.54. The third-order valence-electron chi connectivity index (χ3n) is 4.17. The Balaban J connectivity index is 1.82. The van der Waals surface area contributed by atoms with Gasteiger partial charge in [0.05, 0.1) is 16.8 Å². The van der Waals surface area contributed by atoms with Crippen molar-refractivity contribution in [1.29, 1.82) is 0 Å². The van der Waals surface area contributed by atoms with Crippen LogP contribution in [0.2, 0.25) is 0 Å². The molecule has 0 bridgehead atoms. The van der Waals surface area contributed by atoms with Gasteiger partial charge in [0.1, 0.15) is 5.82 Å². The van der Waals surface area contributed by atoms with E-state index in [9.17, 15) is 22.4 Å². The van der Waals surface area contributed by atoms with Crippen LogP contribution in [-0.2, 0) is 11.0 Å². The van der Waals surface area contributed by atoms with E-state index in [-0.39, 0.29) is 5.56 Å². The van der Waals surface area contributed by atoms with Crippen LogP contribution < -0.4 is 0 Å². The minimum Gasteiger partial charge on any atom is -0.313 e. The van der Waals surface area contributed by atoms with E-state index in [4.69, 9.17) is 4.84 Å². The van der Waals surface area contributed by atoms with Gasteiger partial charge in [-0.3, -0.25) is 0 Å². The van der Waals surface area contributed by atoms with Gasteiger partial charge in [0.2, 0.25) is 0 Å². The molecule has 0 saturated heterocycles. The Hall–Kier alpha value is -3.48. The predicted octanol–water partition coefficient (Wildman–Crippen LogP) is 6.09. The van der Waals surface area contributed by atoms with E-state index in [0.29, 0.717) is 16.8 Å². The summed E-state index contributed by atoms with van der Waals surface area (Å²) in [4.78, 5) is 16.9. The Labute approximate surface area is 164 Å². The Morgan fingerprint density at radius 2 is 1.59 bits per heavy atom. The first kappa shape index (κ1) is 20.3. The molecule has 0 atom stereocenters. The zero-order valence-corrected chi connectivity index (χ0v) is 15.2. The van der Waals surface area contributed by atoms with Gasteiger partial charge in [0.25, 0.3) is 0 Å². The smallest absolute Gasteiger partial charge is 0.313 e. The predicted molar refractivity (Wildman–Crippen MR) is 101 cm³/mol. The van der Waals surface area contributed by atoms with Crippen molar-refractivity contribution in [2.75, 3.05) is 0 Å². The van der Waals surface area contributed by atoms with Crippen LogP contribution in [0, 0.1) is 5.82 Å². The van der Waals surface area contributed by atoms with E-state index >= 15 is 0 Å². The molecule has 0 amide bonds. The summed E-state index contributed by atoms with van der Waals surface area (Å²) in [5, 5.41) is 3.78. The molecule has 0 heterocycles. The summed E-state index contributed by atoms with van der Waals surface area (Å²) in [6.07, 6.45) is -4.49. The fourth-order valence-electron chi connectivity index (χ4n) is 2.70. The highest BCUT2D eigenvalue weighted by Crippen LogP contribution is 2.29. The maximum atomic E-state index is 13.7. The summed E-state index contributed by atoms with van der Waals surface area (Å²) in [6, 6.07) is 16.8. The number of alkyl halides is 3. The van der Waals surface area contributed by atoms with Crippen LogP contribution >= 0.6 is 0 Å². The molecule has 3 rings (SSSR count). The normalized spacial score (nSPS) is 12.0. The fraction of sp³-hybridized carbons (Fsp3) is 0.0909. The van der Waals surface area contributed by atoms with Crippen molar-refractivity contribution >= 4 is 11.7 Å². The van der Waals surface area contributed by atoms with E-state index in [0.717, 1.165) is 29.8 Å². The van der Waals surface area contributed by atoms with Gasteiger partial charge in [-0.15, -0.1) is 0 Å². The zero-order chi connectivity index (χ0) is 21.0. The Morgan fingerprint density at radius 3 is 2.21 bits per heavy atom. The molecule has 0 saturated carbocycles. The van der Waals surface area contributed by atoms with Gasteiger partial charge in [-0.1, -0.05) is 35.5 Å². The largest absolute Gasteiger partial charge is 0.416 e. The zero-order valence-electron chi connectivity index (χ0n) is 15.2. The summed E-state index contributed by atoms with van der Waals surface area (Å²) in [7, 11) is 0. The van der Waals surface area contributed by atoms with Crippen LogP contribution in [0.4, 0.5) is 17.6 Å². The Morgan fingerprint density at radius 1 is 0.931 bits per heavy atom. The van der Waals surface area contributed by atoms with Gasteiger partial charge < -0.3 is 4.84 Å². The Bertz CT molecular complexity index is 1040. The van der Waals surface area contributed by atoms with Crippen molar-refractivity contribution in [2.45, 2.75) is 13.1 Å². The third-order valence-corrected chi connectivity index (χ3v) is 4.17. The van der Waals surface area contributed by atoms with Crippen molar-refractivity contribution in [3.63, 3.8) is 0 Å². The van der Waals surface area contributed by atoms with E-state index in [1.807, 2.05) is 6.07 Å². The number of halogens is 4. The lowest BCUT2D eigenvalue weighted by Crippen LogP contribution is -2.07. The van der Waals surface area contributed by atoms with Crippen LogP contribution in [0.5, 0.6) is 0 Å². The number of rotatable bonds is 4. The molecule has 0 aliphatic rings. The van der Waals surface area contributed by atoms with Gasteiger partial charge in [-0.25, -0.2) is 9.18 Å². The first-order chi connectivity index (χ1) is 13.8. The van der Waals surface area contributed by atoms with Crippen LogP contribution in [-0.4, -0.2) is 11.7 Å². The van der Waals surface area contributed by atoms with Crippen molar-refractivity contribution in [3.8, 4) is 11.1 Å². The van der Waals surface area contributed by atoms with Crippen molar-refractivity contribution < 1.29 is 27.2 Å². The minimum absolute atomic E-state index is 0.0723. The minimum atomic E-state index is -4.49. The molecule has 3 aromatic rings. The molecule has 0 fully saturated rings. The maximum absolute atomic E-state index is 13.7. The van der Waals surface area contributed by atoms with E-state index in [1.165, 1.54) is 18.2 Å². The molecule has 0 radical (unpaired) electrons. The molecule has 0 N–H and O–H groups in total. The highest BCUT2D eigenvalue weighted by molar-refractivity contribution is 6.04. The van der Waals surface area contributed by atoms with Crippen molar-refractivity contribution in [1.82, 2.24) is 0 Å². The first-order valence-corrected chi connectivity index (χ1v) is 8.54. The molecular formula is C22H15F4NO2. The molecule has 3 nitrogen and oxygen atoms in total. The van der Waals surface area contributed by atoms with Crippen LogP contribution in [0.3, 0.4) is 0 Å². The Kier molecular flexibility index (Phi) is 5.77. The quantitative estimate of drug-likeness (QED) is 0.230. The average molecular weight is 401 g/mol. The summed E-state index contributed by atoms with van der Waals surface area (Å²) < 4.78 is 51.6. The second-order valence-corrected chi connectivity index (χ2v) is 6.19. The standard InChI is InChI=1S/C22H15F4NO2/c1-14(19-12-11-18(23)13-20(19)15-5-3-2-4-6-15)27-29-21(28)16-7-9-17(10-8-16)22(24,25)26/h2-13H,1H3/b27-14+. The van der Waals surface area contributed by atoms with Gasteiger partial charge >= 0.3 is 12.1 Å². The lowest BCUT2D eigenvalue weighted by molar-refractivity contribution is -0.137. The van der Waals surface area contributed by atoms with Gasteiger partial charge in [0.15, 0.2) is 0 Å². The van der Waals surface area contributed by atoms with E-state index < -0.39 is 23.5 Å². The summed E-state index contributed by atoms with van der Waals surface area (Å²) in [5.74, 6) is -1.33. The molecule has 148 valence electrons. The number of hydrogen-bond donors (Lipinski definition) is 0. The second-order valence-electron chi connectivity index (χ2n) is 6.19. The number of oxime groups is 1. The highest BCUT2D eigenvalue weighted by Gasteiger charge is 2.30. The third kappa shape index (κ3) is 4.87. The summed E-state index contributed by atoms with van der Waals surface area (Å²) >= 11 is 0. The molecule has 0 spiro atoms. The lowest BCUT2D eigenvalue weighted by atomic mass is 9.97. The monoisotopic (exact) mass is 401 g/mol. The summed E-state index contributed by atoms with van der Waals surface area (Å²) in [5.41, 5.74) is 1.24. The topological polar surface area (TPSA) is 38.7 Å². The van der Waals surface area contributed by atoms with Crippen molar-refractivity contribution in [3.05, 3.63) is 95.3 Å². The molecule has 0 unspecified atom stereocenters. The number of carbonyl (C=O) groups is 1. The van der Waals surface area contributed by atoms with Gasteiger partial charge in [-0.05, 0) is 60.5 Å². The molecule has 0 aliphatic heterocycles. The van der Waals surface area contributed by atoms with Crippen molar-refractivity contribution in [2.24, 2.45) is 5.16 Å². The van der Waals surface area contributed by atoms with Gasteiger partial charge in [0, 0.05) is 5.56 Å². The number of carbonyl (C=O) groups excluding carboxylic acids is 1. The molecule has 3 aromatic carbocycles. The van der Waals surface area contributed by atoms with Crippen LogP contribution in [0.25, 0.3) is 11.1 Å². The lowest BCUT2D eigenvalue weighted by Gasteiger charge is -2.10. The van der Waals surface area contributed by atoms with Crippen LogP contribution in [0.1, 0.15) is 28.4 Å². The molecule has 0 aromatic heterocycles. The molecular weight excluding hydrogens is 386 g/mol. The molecule has 0 aliphatic carbocycles. The number of benzene rings is 3. The average Bonchev–Trinajstić information content (AvgIpc) is 2.71. The van der Waals surface area contributed by atoms with Crippen LogP contribution in [0.15, 0.2) is 78.0 Å². The van der Waals surface area contributed by atoms with Gasteiger partial charge in [-0.2, -0.15) is 13.2 Å². The molecule has 29 heavy (non-hydrogen) atoms. The fourth-order valence-corrected chi connectivity index (χ4v) is 2.70. The highest BCUT2D eigenvalue weighted by atomic mass is 19.4. The second kappa shape index (κ2) is 8.26.